The summed E-state index contributed by atoms with van der Waals surface area (Å²) in [6, 6.07) is 13.3. The largest absolute Gasteiger partial charge is 0.478 e. The van der Waals surface area contributed by atoms with Gasteiger partial charge in [0.05, 0.1) is 5.69 Å². The van der Waals surface area contributed by atoms with Crippen LogP contribution in [0.1, 0.15) is 29.6 Å². The number of pyridine rings is 1. The lowest BCUT2D eigenvalue weighted by Gasteiger charge is -2.25. The standard InChI is InChI=1S/C18H21N3O2/c19-14-8-4-5-11-21(12-14)17-15(18(22)23)9-10-16(20-17)13-6-2-1-3-7-13/h1-3,6-7,9-10,14H,4-5,8,11-12,19H2,(H,22,23). The van der Waals surface area contributed by atoms with Gasteiger partial charge in [-0.3, -0.25) is 0 Å². The molecule has 0 saturated carbocycles. The zero-order chi connectivity index (χ0) is 16.2. The van der Waals surface area contributed by atoms with Gasteiger partial charge in [-0.2, -0.15) is 0 Å². The van der Waals surface area contributed by atoms with Gasteiger partial charge in [0.1, 0.15) is 11.4 Å². The summed E-state index contributed by atoms with van der Waals surface area (Å²) in [5.41, 5.74) is 8.11. The van der Waals surface area contributed by atoms with E-state index in [2.05, 4.69) is 4.98 Å². The molecule has 0 radical (unpaired) electrons. The Morgan fingerprint density at radius 1 is 1.17 bits per heavy atom. The van der Waals surface area contributed by atoms with Gasteiger partial charge in [0, 0.05) is 24.7 Å². The van der Waals surface area contributed by atoms with Crippen molar-refractivity contribution < 1.29 is 9.90 Å². The lowest BCUT2D eigenvalue weighted by atomic mass is 10.1. The molecule has 1 aromatic carbocycles. The van der Waals surface area contributed by atoms with E-state index in [1.54, 1.807) is 12.1 Å². The molecule has 5 heteroatoms. The van der Waals surface area contributed by atoms with Crippen LogP contribution in [0, 0.1) is 0 Å². The molecule has 1 unspecified atom stereocenters. The maximum atomic E-state index is 11.6. The fourth-order valence-electron chi connectivity index (χ4n) is 2.99. The molecule has 2 heterocycles. The maximum Gasteiger partial charge on any atom is 0.339 e. The minimum absolute atomic E-state index is 0.0568. The van der Waals surface area contributed by atoms with Crippen LogP contribution in [0.15, 0.2) is 42.5 Å². The second-order valence-corrected chi connectivity index (χ2v) is 5.94. The van der Waals surface area contributed by atoms with Crippen LogP contribution < -0.4 is 10.6 Å². The van der Waals surface area contributed by atoms with Crippen molar-refractivity contribution in [3.8, 4) is 11.3 Å². The number of aromatic nitrogens is 1. The normalized spacial score (nSPS) is 18.5. The molecule has 3 N–H and O–H groups in total. The third kappa shape index (κ3) is 3.51. The molecule has 23 heavy (non-hydrogen) atoms. The van der Waals surface area contributed by atoms with Gasteiger partial charge in [0.2, 0.25) is 0 Å². The van der Waals surface area contributed by atoms with Crippen molar-refractivity contribution in [3.05, 3.63) is 48.0 Å². The number of aromatic carboxylic acids is 1. The average Bonchev–Trinajstić information content (AvgIpc) is 2.79. The first-order chi connectivity index (χ1) is 11.1. The molecule has 5 nitrogen and oxygen atoms in total. The fourth-order valence-corrected chi connectivity index (χ4v) is 2.99. The fraction of sp³-hybridized carbons (Fsp3) is 0.333. The van der Waals surface area contributed by atoms with Crippen molar-refractivity contribution in [2.24, 2.45) is 5.73 Å². The number of nitrogens with zero attached hydrogens (tertiary/aromatic N) is 2. The summed E-state index contributed by atoms with van der Waals surface area (Å²) in [5.74, 6) is -0.430. The van der Waals surface area contributed by atoms with Gasteiger partial charge in [-0.25, -0.2) is 9.78 Å². The summed E-state index contributed by atoms with van der Waals surface area (Å²) in [7, 11) is 0. The van der Waals surface area contributed by atoms with E-state index >= 15 is 0 Å². The monoisotopic (exact) mass is 311 g/mol. The third-order valence-corrected chi connectivity index (χ3v) is 4.18. The highest BCUT2D eigenvalue weighted by molar-refractivity contribution is 5.94. The lowest BCUT2D eigenvalue weighted by molar-refractivity contribution is 0.0697. The van der Waals surface area contributed by atoms with E-state index in [-0.39, 0.29) is 11.6 Å². The third-order valence-electron chi connectivity index (χ3n) is 4.18. The van der Waals surface area contributed by atoms with Crippen LogP contribution in [0.4, 0.5) is 5.82 Å². The van der Waals surface area contributed by atoms with Crippen LogP contribution in [0.3, 0.4) is 0 Å². The summed E-state index contributed by atoms with van der Waals surface area (Å²) in [5, 5.41) is 9.50. The molecule has 0 bridgehead atoms. The van der Waals surface area contributed by atoms with Gasteiger partial charge >= 0.3 is 5.97 Å². The topological polar surface area (TPSA) is 79.5 Å². The van der Waals surface area contributed by atoms with Crippen molar-refractivity contribution in [1.82, 2.24) is 4.98 Å². The number of carbonyl (C=O) groups is 1. The molecule has 0 aliphatic carbocycles. The molecule has 120 valence electrons. The molecule has 1 aromatic heterocycles. The molecule has 1 aliphatic rings. The Balaban J connectivity index is 2.03. The van der Waals surface area contributed by atoms with Crippen molar-refractivity contribution in [3.63, 3.8) is 0 Å². The number of anilines is 1. The predicted octanol–water partition coefficient (Wildman–Crippen LogP) is 2.76. The number of nitrogens with two attached hydrogens (primary N) is 1. The van der Waals surface area contributed by atoms with E-state index in [9.17, 15) is 9.90 Å². The summed E-state index contributed by atoms with van der Waals surface area (Å²) in [6.45, 7) is 1.44. The smallest absolute Gasteiger partial charge is 0.339 e. The molecule has 0 spiro atoms. The minimum atomic E-state index is -0.954. The number of carboxylic acids is 1. The van der Waals surface area contributed by atoms with Gasteiger partial charge < -0.3 is 15.7 Å². The Hall–Kier alpha value is -2.40. The van der Waals surface area contributed by atoms with Gasteiger partial charge in [-0.15, -0.1) is 0 Å². The highest BCUT2D eigenvalue weighted by atomic mass is 16.4. The first-order valence-corrected chi connectivity index (χ1v) is 7.95. The molecule has 1 saturated heterocycles. The van der Waals surface area contributed by atoms with E-state index in [1.165, 1.54) is 0 Å². The second-order valence-electron chi connectivity index (χ2n) is 5.94. The van der Waals surface area contributed by atoms with Crippen molar-refractivity contribution >= 4 is 11.8 Å². The highest BCUT2D eigenvalue weighted by Gasteiger charge is 2.22. The van der Waals surface area contributed by atoms with E-state index < -0.39 is 5.97 Å². The lowest BCUT2D eigenvalue weighted by Crippen LogP contribution is -2.37. The highest BCUT2D eigenvalue weighted by Crippen LogP contribution is 2.26. The molecule has 1 atom stereocenters. The van der Waals surface area contributed by atoms with Crippen LogP contribution in [0.25, 0.3) is 11.3 Å². The van der Waals surface area contributed by atoms with Gasteiger partial charge in [0.15, 0.2) is 0 Å². The number of rotatable bonds is 3. The molecular weight excluding hydrogens is 290 g/mol. The van der Waals surface area contributed by atoms with E-state index in [0.717, 1.165) is 37.1 Å². The Labute approximate surface area is 135 Å². The molecule has 1 fully saturated rings. The Bertz CT molecular complexity index is 688. The van der Waals surface area contributed by atoms with Crippen molar-refractivity contribution in [1.29, 1.82) is 0 Å². The van der Waals surface area contributed by atoms with Gasteiger partial charge in [-0.05, 0) is 25.0 Å². The summed E-state index contributed by atoms with van der Waals surface area (Å²) < 4.78 is 0. The first-order valence-electron chi connectivity index (χ1n) is 7.95. The van der Waals surface area contributed by atoms with Crippen molar-refractivity contribution in [2.45, 2.75) is 25.3 Å². The van der Waals surface area contributed by atoms with Crippen molar-refractivity contribution in [2.75, 3.05) is 18.0 Å². The number of hydrogen-bond acceptors (Lipinski definition) is 4. The molecule has 3 rings (SSSR count). The van der Waals surface area contributed by atoms with Crippen LogP contribution in [0.5, 0.6) is 0 Å². The van der Waals surface area contributed by atoms with Gasteiger partial charge in [0.25, 0.3) is 0 Å². The molecule has 1 aliphatic heterocycles. The zero-order valence-corrected chi connectivity index (χ0v) is 13.0. The summed E-state index contributed by atoms with van der Waals surface area (Å²) in [6.07, 6.45) is 3.04. The number of hydrogen-bond donors (Lipinski definition) is 2. The number of carboxylic acid groups (broad SMARTS) is 1. The van der Waals surface area contributed by atoms with E-state index in [0.29, 0.717) is 12.4 Å². The SMILES string of the molecule is NC1CCCCN(c2nc(-c3ccccc3)ccc2C(=O)O)C1. The summed E-state index contributed by atoms with van der Waals surface area (Å²) in [4.78, 5) is 18.3. The zero-order valence-electron chi connectivity index (χ0n) is 13.0. The summed E-state index contributed by atoms with van der Waals surface area (Å²) >= 11 is 0. The Morgan fingerprint density at radius 2 is 1.96 bits per heavy atom. The molecule has 0 amide bonds. The van der Waals surface area contributed by atoms with Crippen LogP contribution in [-0.2, 0) is 0 Å². The maximum absolute atomic E-state index is 11.6. The second kappa shape index (κ2) is 6.79. The molecule has 2 aromatic rings. The molecular formula is C18H21N3O2. The Morgan fingerprint density at radius 3 is 2.70 bits per heavy atom. The van der Waals surface area contributed by atoms with Crippen LogP contribution in [0.2, 0.25) is 0 Å². The first kappa shape index (κ1) is 15.5. The predicted molar refractivity (Wildman–Crippen MR) is 90.7 cm³/mol. The number of benzene rings is 1. The van der Waals surface area contributed by atoms with E-state index in [4.69, 9.17) is 5.73 Å². The van der Waals surface area contributed by atoms with Crippen LogP contribution in [-0.4, -0.2) is 35.2 Å². The Kier molecular flexibility index (Phi) is 4.57. The average molecular weight is 311 g/mol. The van der Waals surface area contributed by atoms with E-state index in [1.807, 2.05) is 35.2 Å². The quantitative estimate of drug-likeness (QED) is 0.911. The van der Waals surface area contributed by atoms with Crippen LogP contribution >= 0.6 is 0 Å². The minimum Gasteiger partial charge on any atom is -0.478 e. The van der Waals surface area contributed by atoms with Gasteiger partial charge in [-0.1, -0.05) is 36.8 Å².